The number of anilines is 2. The summed E-state index contributed by atoms with van der Waals surface area (Å²) in [6.07, 6.45) is 0. The normalized spacial score (nSPS) is 17.5. The van der Waals surface area contributed by atoms with E-state index in [-0.39, 0.29) is 0 Å². The van der Waals surface area contributed by atoms with Gasteiger partial charge >= 0.3 is 0 Å². The Labute approximate surface area is 166 Å². The van der Waals surface area contributed by atoms with Crippen LogP contribution in [-0.4, -0.2) is 52.4 Å². The van der Waals surface area contributed by atoms with Crippen LogP contribution in [0.1, 0.15) is 0 Å². The number of halogens is 2. The molecule has 0 bridgehead atoms. The van der Waals surface area contributed by atoms with Crippen LogP contribution in [0.25, 0.3) is 0 Å². The van der Waals surface area contributed by atoms with Crippen molar-refractivity contribution in [2.75, 3.05) is 62.2 Å². The summed E-state index contributed by atoms with van der Waals surface area (Å²) in [4.78, 5) is 4.70. The average molecular weight is 393 g/mol. The lowest BCUT2D eigenvalue weighted by atomic mass is 10.2. The van der Waals surface area contributed by atoms with Gasteiger partial charge in [0.25, 0.3) is 0 Å². The number of hydrogen-bond donors (Lipinski definition) is 2. The van der Waals surface area contributed by atoms with Crippen molar-refractivity contribution in [3.8, 4) is 0 Å². The Hall–Kier alpha value is -1.46. The molecule has 2 N–H and O–H groups in total. The first-order valence-electron chi connectivity index (χ1n) is 9.15. The molecule has 4 rings (SSSR count). The quantitative estimate of drug-likeness (QED) is 0.818. The Morgan fingerprint density at radius 3 is 1.35 bits per heavy atom. The minimum Gasteiger partial charge on any atom is -0.369 e. The summed E-state index contributed by atoms with van der Waals surface area (Å²) in [5.74, 6) is 0. The lowest BCUT2D eigenvalue weighted by molar-refractivity contribution is 0.589. The molecule has 26 heavy (non-hydrogen) atoms. The highest BCUT2D eigenvalue weighted by Crippen LogP contribution is 2.20. The number of nitrogens with one attached hydrogen (secondary N) is 2. The van der Waals surface area contributed by atoms with Crippen LogP contribution in [0.4, 0.5) is 11.4 Å². The first kappa shape index (κ1) is 19.3. The van der Waals surface area contributed by atoms with Gasteiger partial charge < -0.3 is 20.4 Å². The molecule has 0 atom stereocenters. The van der Waals surface area contributed by atoms with Crippen LogP contribution in [-0.2, 0) is 0 Å². The Bertz CT molecular complexity index is 624. The molecule has 0 amide bonds. The van der Waals surface area contributed by atoms with Gasteiger partial charge in [-0.2, -0.15) is 0 Å². The van der Waals surface area contributed by atoms with Gasteiger partial charge in [0, 0.05) is 73.8 Å². The number of hydrogen-bond acceptors (Lipinski definition) is 4. The lowest BCUT2D eigenvalue weighted by Gasteiger charge is -2.29. The SMILES string of the molecule is Clc1cccc(N2CCNCC2)c1.Clc1cccc(N2CCNCC2)c1. The van der Waals surface area contributed by atoms with E-state index in [9.17, 15) is 0 Å². The van der Waals surface area contributed by atoms with Crippen molar-refractivity contribution in [3.05, 3.63) is 58.6 Å². The summed E-state index contributed by atoms with van der Waals surface area (Å²) >= 11 is 11.8. The van der Waals surface area contributed by atoms with Gasteiger partial charge in [-0.3, -0.25) is 0 Å². The molecule has 2 aliphatic heterocycles. The van der Waals surface area contributed by atoms with E-state index in [0.717, 1.165) is 62.4 Å². The van der Waals surface area contributed by atoms with E-state index in [1.807, 2.05) is 36.4 Å². The minimum absolute atomic E-state index is 0.816. The zero-order valence-electron chi connectivity index (χ0n) is 14.9. The van der Waals surface area contributed by atoms with Gasteiger partial charge in [-0.15, -0.1) is 0 Å². The third kappa shape index (κ3) is 5.78. The lowest BCUT2D eigenvalue weighted by Crippen LogP contribution is -2.43. The zero-order chi connectivity index (χ0) is 18.2. The molecular formula is C20H26Cl2N4. The predicted molar refractivity (Wildman–Crippen MR) is 113 cm³/mol. The van der Waals surface area contributed by atoms with E-state index in [2.05, 4.69) is 32.6 Å². The highest BCUT2D eigenvalue weighted by Gasteiger charge is 2.10. The first-order valence-corrected chi connectivity index (χ1v) is 9.90. The fourth-order valence-corrected chi connectivity index (χ4v) is 3.56. The van der Waals surface area contributed by atoms with Crippen molar-refractivity contribution < 1.29 is 0 Å². The third-order valence-corrected chi connectivity index (χ3v) is 5.05. The second-order valence-corrected chi connectivity index (χ2v) is 7.31. The summed E-state index contributed by atoms with van der Waals surface area (Å²) in [5, 5.41) is 8.28. The van der Waals surface area contributed by atoms with Gasteiger partial charge in [-0.25, -0.2) is 0 Å². The molecule has 2 aliphatic rings. The summed E-state index contributed by atoms with van der Waals surface area (Å²) < 4.78 is 0. The molecule has 0 saturated carbocycles. The van der Waals surface area contributed by atoms with Crippen LogP contribution in [0.5, 0.6) is 0 Å². The minimum atomic E-state index is 0.816. The topological polar surface area (TPSA) is 30.5 Å². The molecule has 2 aromatic rings. The van der Waals surface area contributed by atoms with Crippen LogP contribution in [0, 0.1) is 0 Å². The van der Waals surface area contributed by atoms with Crippen molar-refractivity contribution in [2.24, 2.45) is 0 Å². The molecule has 0 spiro atoms. The Balaban J connectivity index is 0.000000151. The number of rotatable bonds is 2. The highest BCUT2D eigenvalue weighted by molar-refractivity contribution is 6.31. The second-order valence-electron chi connectivity index (χ2n) is 6.43. The van der Waals surface area contributed by atoms with Gasteiger partial charge in [-0.1, -0.05) is 35.3 Å². The molecular weight excluding hydrogens is 367 g/mol. The van der Waals surface area contributed by atoms with Crippen LogP contribution in [0.3, 0.4) is 0 Å². The van der Waals surface area contributed by atoms with E-state index in [1.165, 1.54) is 11.4 Å². The smallest absolute Gasteiger partial charge is 0.0426 e. The van der Waals surface area contributed by atoms with E-state index in [0.29, 0.717) is 0 Å². The van der Waals surface area contributed by atoms with Gasteiger partial charge in [0.15, 0.2) is 0 Å². The maximum Gasteiger partial charge on any atom is 0.0426 e. The largest absolute Gasteiger partial charge is 0.369 e. The maximum atomic E-state index is 5.92. The molecule has 4 nitrogen and oxygen atoms in total. The van der Waals surface area contributed by atoms with Crippen LogP contribution >= 0.6 is 23.2 Å². The fraction of sp³-hybridized carbons (Fsp3) is 0.400. The van der Waals surface area contributed by atoms with Crippen LogP contribution in [0.15, 0.2) is 48.5 Å². The van der Waals surface area contributed by atoms with Gasteiger partial charge in [-0.05, 0) is 36.4 Å². The molecule has 6 heteroatoms. The number of nitrogens with zero attached hydrogens (tertiary/aromatic N) is 2. The Morgan fingerprint density at radius 2 is 1.00 bits per heavy atom. The fourth-order valence-electron chi connectivity index (χ4n) is 3.19. The maximum absolute atomic E-state index is 5.92. The molecule has 140 valence electrons. The van der Waals surface area contributed by atoms with Gasteiger partial charge in [0.1, 0.15) is 0 Å². The Kier molecular flexibility index (Phi) is 7.44. The molecule has 0 aromatic heterocycles. The first-order chi connectivity index (χ1) is 12.7. The van der Waals surface area contributed by atoms with Crippen molar-refractivity contribution in [1.82, 2.24) is 10.6 Å². The van der Waals surface area contributed by atoms with E-state index in [1.54, 1.807) is 0 Å². The molecule has 2 saturated heterocycles. The molecule has 2 heterocycles. The standard InChI is InChI=1S/2C10H13ClN2/c2*11-9-2-1-3-10(8-9)13-6-4-12-5-7-13/h2*1-3,8,12H,4-7H2. The van der Waals surface area contributed by atoms with Crippen LogP contribution < -0.4 is 20.4 Å². The Morgan fingerprint density at radius 1 is 0.615 bits per heavy atom. The summed E-state index contributed by atoms with van der Waals surface area (Å²) in [6.45, 7) is 8.53. The van der Waals surface area contributed by atoms with E-state index in [4.69, 9.17) is 23.2 Å². The summed E-state index contributed by atoms with van der Waals surface area (Å²) in [7, 11) is 0. The van der Waals surface area contributed by atoms with Crippen LogP contribution in [0.2, 0.25) is 10.0 Å². The van der Waals surface area contributed by atoms with Crippen molar-refractivity contribution in [1.29, 1.82) is 0 Å². The second kappa shape index (κ2) is 10.0. The van der Waals surface area contributed by atoms with E-state index >= 15 is 0 Å². The zero-order valence-corrected chi connectivity index (χ0v) is 16.4. The van der Waals surface area contributed by atoms with E-state index < -0.39 is 0 Å². The van der Waals surface area contributed by atoms with Gasteiger partial charge in [0.05, 0.1) is 0 Å². The predicted octanol–water partition coefficient (Wildman–Crippen LogP) is 3.50. The highest BCUT2D eigenvalue weighted by atomic mass is 35.5. The molecule has 0 aliphatic carbocycles. The summed E-state index contributed by atoms with van der Waals surface area (Å²) in [6, 6.07) is 16.1. The third-order valence-electron chi connectivity index (χ3n) is 4.58. The number of benzene rings is 2. The summed E-state index contributed by atoms with van der Waals surface area (Å²) in [5.41, 5.74) is 2.46. The molecule has 0 radical (unpaired) electrons. The van der Waals surface area contributed by atoms with Crippen molar-refractivity contribution in [3.63, 3.8) is 0 Å². The number of piperazine rings is 2. The molecule has 0 unspecified atom stereocenters. The van der Waals surface area contributed by atoms with Crippen molar-refractivity contribution in [2.45, 2.75) is 0 Å². The van der Waals surface area contributed by atoms with Gasteiger partial charge in [0.2, 0.25) is 0 Å². The van der Waals surface area contributed by atoms with Crippen molar-refractivity contribution >= 4 is 34.6 Å². The monoisotopic (exact) mass is 392 g/mol. The average Bonchev–Trinajstić information content (AvgIpc) is 2.70. The molecule has 2 aromatic carbocycles. The molecule has 2 fully saturated rings.